The maximum Gasteiger partial charge on any atom is 0.145 e. The number of rotatable bonds is 5. The van der Waals surface area contributed by atoms with Gasteiger partial charge in [-0.05, 0) is 84.7 Å². The minimum Gasteiger partial charge on any atom is -0.206 e. The van der Waals surface area contributed by atoms with E-state index in [0.29, 0.717) is 17.8 Å². The molecular formula is C27H26ClF3. The van der Waals surface area contributed by atoms with Gasteiger partial charge < -0.3 is 0 Å². The van der Waals surface area contributed by atoms with Crippen molar-refractivity contribution >= 4 is 11.6 Å². The summed E-state index contributed by atoms with van der Waals surface area (Å²) in [5.41, 5.74) is 2.69. The van der Waals surface area contributed by atoms with Crippen molar-refractivity contribution in [1.29, 1.82) is 0 Å². The van der Waals surface area contributed by atoms with Crippen LogP contribution in [0, 0.1) is 23.4 Å². The monoisotopic (exact) mass is 442 g/mol. The second kappa shape index (κ2) is 9.48. The number of halogens is 4. The Kier molecular flexibility index (Phi) is 6.71. The highest BCUT2D eigenvalue weighted by atomic mass is 35.5. The van der Waals surface area contributed by atoms with E-state index in [9.17, 15) is 13.2 Å². The third-order valence-electron chi connectivity index (χ3n) is 6.66. The largest absolute Gasteiger partial charge is 0.206 e. The van der Waals surface area contributed by atoms with Gasteiger partial charge in [-0.15, -0.1) is 0 Å². The first kappa shape index (κ1) is 22.0. The molecule has 0 nitrogen and oxygen atoms in total. The highest BCUT2D eigenvalue weighted by Gasteiger charge is 2.25. The van der Waals surface area contributed by atoms with E-state index in [1.165, 1.54) is 18.1 Å². The van der Waals surface area contributed by atoms with E-state index >= 15 is 0 Å². The summed E-state index contributed by atoms with van der Waals surface area (Å²) in [5, 5.41) is -0.570. The molecule has 0 aromatic heterocycles. The molecule has 4 heteroatoms. The maximum absolute atomic E-state index is 14.8. The van der Waals surface area contributed by atoms with Crippen molar-refractivity contribution in [2.75, 3.05) is 0 Å². The van der Waals surface area contributed by atoms with Gasteiger partial charge in [0.1, 0.15) is 22.5 Å². The molecule has 1 aliphatic carbocycles. The molecule has 1 aliphatic rings. The summed E-state index contributed by atoms with van der Waals surface area (Å²) in [6, 6.07) is 17.8. The second-order valence-corrected chi connectivity index (χ2v) is 9.14. The van der Waals surface area contributed by atoms with Crippen molar-refractivity contribution < 1.29 is 13.2 Å². The van der Waals surface area contributed by atoms with Crippen LogP contribution in [0.4, 0.5) is 13.2 Å². The van der Waals surface area contributed by atoms with Crippen molar-refractivity contribution in [3.8, 4) is 11.1 Å². The van der Waals surface area contributed by atoms with Gasteiger partial charge in [-0.2, -0.15) is 0 Å². The van der Waals surface area contributed by atoms with Gasteiger partial charge in [-0.3, -0.25) is 0 Å². The van der Waals surface area contributed by atoms with Crippen LogP contribution in [-0.2, 0) is 0 Å². The fourth-order valence-corrected chi connectivity index (χ4v) is 4.99. The van der Waals surface area contributed by atoms with Gasteiger partial charge in [0.2, 0.25) is 0 Å². The summed E-state index contributed by atoms with van der Waals surface area (Å²) in [5.74, 6) is -0.675. The zero-order chi connectivity index (χ0) is 22.0. The average molecular weight is 443 g/mol. The Morgan fingerprint density at radius 3 is 2.10 bits per heavy atom. The van der Waals surface area contributed by atoms with Crippen LogP contribution in [0.25, 0.3) is 11.1 Å². The summed E-state index contributed by atoms with van der Waals surface area (Å²) in [7, 11) is 0. The van der Waals surface area contributed by atoms with E-state index < -0.39 is 22.5 Å². The molecule has 0 saturated heterocycles. The second-order valence-electron chi connectivity index (χ2n) is 8.76. The first-order chi connectivity index (χ1) is 14.9. The smallest absolute Gasteiger partial charge is 0.145 e. The molecule has 4 rings (SSSR count). The number of hydrogen-bond acceptors (Lipinski definition) is 0. The summed E-state index contributed by atoms with van der Waals surface area (Å²) >= 11 is 5.54. The molecular weight excluding hydrogens is 417 g/mol. The molecule has 1 saturated carbocycles. The minimum absolute atomic E-state index is 0.155. The summed E-state index contributed by atoms with van der Waals surface area (Å²) in [6.07, 6.45) is 5.53. The quantitative estimate of drug-likeness (QED) is 0.346. The Morgan fingerprint density at radius 2 is 1.48 bits per heavy atom. The van der Waals surface area contributed by atoms with Crippen LogP contribution in [0.3, 0.4) is 0 Å². The van der Waals surface area contributed by atoms with Crippen LogP contribution in [0.15, 0.2) is 60.7 Å². The molecule has 1 atom stereocenters. The molecule has 31 heavy (non-hydrogen) atoms. The van der Waals surface area contributed by atoms with Gasteiger partial charge in [-0.1, -0.05) is 61.0 Å². The van der Waals surface area contributed by atoms with Gasteiger partial charge in [0.15, 0.2) is 0 Å². The lowest BCUT2D eigenvalue weighted by molar-refractivity contribution is 0.297. The molecule has 0 N–H and O–H groups in total. The molecule has 0 amide bonds. The number of benzene rings is 3. The van der Waals surface area contributed by atoms with E-state index in [0.717, 1.165) is 43.4 Å². The summed E-state index contributed by atoms with van der Waals surface area (Å²) in [6.45, 7) is 2.29. The Labute approximate surface area is 187 Å². The van der Waals surface area contributed by atoms with Crippen molar-refractivity contribution in [2.24, 2.45) is 5.92 Å². The van der Waals surface area contributed by atoms with Gasteiger partial charge in [-0.25, -0.2) is 13.2 Å². The van der Waals surface area contributed by atoms with Gasteiger partial charge >= 0.3 is 0 Å². The van der Waals surface area contributed by atoms with E-state index in [2.05, 4.69) is 31.2 Å². The molecule has 3 aromatic carbocycles. The normalized spacial score (nSPS) is 19.9. The minimum atomic E-state index is -0.886. The van der Waals surface area contributed by atoms with Gasteiger partial charge in [0, 0.05) is 5.56 Å². The van der Waals surface area contributed by atoms with E-state index in [1.807, 2.05) is 12.1 Å². The highest BCUT2D eigenvalue weighted by molar-refractivity contribution is 6.31. The van der Waals surface area contributed by atoms with Crippen LogP contribution in [0.2, 0.25) is 5.02 Å². The zero-order valence-corrected chi connectivity index (χ0v) is 18.3. The molecule has 1 fully saturated rings. The third-order valence-corrected chi connectivity index (χ3v) is 7.02. The van der Waals surface area contributed by atoms with E-state index in [1.54, 1.807) is 6.07 Å². The molecule has 162 valence electrons. The Bertz CT molecular complexity index is 1020. The molecule has 0 spiro atoms. The molecule has 0 bridgehead atoms. The summed E-state index contributed by atoms with van der Waals surface area (Å²) < 4.78 is 42.4. The predicted octanol–water partition coefficient (Wildman–Crippen LogP) is 8.89. The lowest BCUT2D eigenvalue weighted by atomic mass is 9.75. The standard InChI is InChI=1S/C27H26ClF3/c1-17(19-5-3-2-4-6-19)13-18-7-9-20(10-8-18)21-11-12-23(24(29)14-21)22-15-25(30)27(28)26(31)16-22/h2-6,11-12,14-18,20H,7-10,13H2,1H3/t17-,18?,20?/m0/s1. The Morgan fingerprint density at radius 1 is 0.839 bits per heavy atom. The van der Waals surface area contributed by atoms with Crippen molar-refractivity contribution in [3.63, 3.8) is 0 Å². The van der Waals surface area contributed by atoms with E-state index in [4.69, 9.17) is 11.6 Å². The van der Waals surface area contributed by atoms with Gasteiger partial charge in [0.25, 0.3) is 0 Å². The van der Waals surface area contributed by atoms with Crippen molar-refractivity contribution in [1.82, 2.24) is 0 Å². The Hall–Kier alpha value is -2.26. The summed E-state index contributed by atoms with van der Waals surface area (Å²) in [4.78, 5) is 0. The van der Waals surface area contributed by atoms with Crippen LogP contribution < -0.4 is 0 Å². The fourth-order valence-electron chi connectivity index (χ4n) is 4.88. The molecule has 0 aliphatic heterocycles. The average Bonchev–Trinajstić information content (AvgIpc) is 2.78. The van der Waals surface area contributed by atoms with Crippen LogP contribution >= 0.6 is 11.6 Å². The fraction of sp³-hybridized carbons (Fsp3) is 0.333. The number of hydrogen-bond donors (Lipinski definition) is 0. The molecule has 0 radical (unpaired) electrons. The van der Waals surface area contributed by atoms with E-state index in [-0.39, 0.29) is 11.1 Å². The van der Waals surface area contributed by atoms with Crippen LogP contribution in [-0.4, -0.2) is 0 Å². The van der Waals surface area contributed by atoms with Crippen LogP contribution in [0.1, 0.15) is 62.0 Å². The zero-order valence-electron chi connectivity index (χ0n) is 17.6. The third kappa shape index (κ3) is 4.98. The molecule has 0 heterocycles. The first-order valence-corrected chi connectivity index (χ1v) is 11.3. The first-order valence-electron chi connectivity index (χ1n) is 10.9. The SMILES string of the molecule is C[C@@H](CC1CCC(c2ccc(-c3cc(F)c(Cl)c(F)c3)c(F)c2)CC1)c1ccccc1. The predicted molar refractivity (Wildman–Crippen MR) is 121 cm³/mol. The van der Waals surface area contributed by atoms with Gasteiger partial charge in [0.05, 0.1) is 0 Å². The topological polar surface area (TPSA) is 0 Å². The highest BCUT2D eigenvalue weighted by Crippen LogP contribution is 2.40. The van der Waals surface area contributed by atoms with Crippen molar-refractivity contribution in [2.45, 2.75) is 50.9 Å². The molecule has 0 unspecified atom stereocenters. The maximum atomic E-state index is 14.8. The Balaban J connectivity index is 1.41. The lowest BCUT2D eigenvalue weighted by Crippen LogP contribution is -2.15. The molecule has 3 aromatic rings. The van der Waals surface area contributed by atoms with Crippen molar-refractivity contribution in [3.05, 3.63) is 94.3 Å². The lowest BCUT2D eigenvalue weighted by Gasteiger charge is -2.30. The van der Waals surface area contributed by atoms with Crippen LogP contribution in [0.5, 0.6) is 0 Å².